The number of hydrogen-bond donors (Lipinski definition) is 0. The Kier molecular flexibility index (Phi) is 7.85. The fraction of sp³-hybridized carbons (Fsp3) is 0.708. The first-order valence-electron chi connectivity index (χ1n) is 11.7. The van der Waals surface area contributed by atoms with Gasteiger partial charge in [0.25, 0.3) is 0 Å². The lowest BCUT2D eigenvalue weighted by Crippen LogP contribution is -2.37. The van der Waals surface area contributed by atoms with E-state index in [2.05, 4.69) is 40.9 Å². The number of carboxylic acids is 1. The number of carboxylic acid groups (broad SMARTS) is 1. The summed E-state index contributed by atoms with van der Waals surface area (Å²) in [6.07, 6.45) is 11.9. The van der Waals surface area contributed by atoms with E-state index in [4.69, 9.17) is 9.26 Å². The number of hydrogen-bond acceptors (Lipinski definition) is 8. The second-order valence-corrected chi connectivity index (χ2v) is 9.89. The first kappa shape index (κ1) is 24.1. The summed E-state index contributed by atoms with van der Waals surface area (Å²) in [6, 6.07) is 0. The Morgan fingerprint density at radius 1 is 1.22 bits per heavy atom. The molecular weight excluding hydrogens is 408 g/mol. The summed E-state index contributed by atoms with van der Waals surface area (Å²) in [5, 5.41) is 15.4. The van der Waals surface area contributed by atoms with Crippen molar-refractivity contribution in [1.29, 1.82) is 0 Å². The van der Waals surface area contributed by atoms with Crippen molar-refractivity contribution in [2.75, 3.05) is 6.61 Å². The fourth-order valence-corrected chi connectivity index (χ4v) is 4.98. The minimum absolute atomic E-state index is 0.144. The Labute approximate surface area is 190 Å². The summed E-state index contributed by atoms with van der Waals surface area (Å²) in [6.45, 7) is 9.33. The summed E-state index contributed by atoms with van der Waals surface area (Å²) in [5.74, 6) is -0.541. The van der Waals surface area contributed by atoms with Gasteiger partial charge in [-0.05, 0) is 49.9 Å². The molecule has 1 atom stereocenters. The van der Waals surface area contributed by atoms with Gasteiger partial charge >= 0.3 is 0 Å². The van der Waals surface area contributed by atoms with E-state index in [1.165, 1.54) is 44.5 Å². The number of rotatable bonds is 10. The maximum absolute atomic E-state index is 11.4. The van der Waals surface area contributed by atoms with Crippen molar-refractivity contribution in [3.05, 3.63) is 18.3 Å². The van der Waals surface area contributed by atoms with Crippen LogP contribution in [0.3, 0.4) is 0 Å². The molecule has 0 bridgehead atoms. The van der Waals surface area contributed by atoms with Crippen LogP contribution in [0.25, 0.3) is 11.5 Å². The van der Waals surface area contributed by atoms with Gasteiger partial charge in [0.2, 0.25) is 17.6 Å². The fourth-order valence-electron chi connectivity index (χ4n) is 4.98. The largest absolute Gasteiger partial charge is 0.550 e. The van der Waals surface area contributed by atoms with Gasteiger partial charge in [-0.3, -0.25) is 4.98 Å². The van der Waals surface area contributed by atoms with Crippen LogP contribution in [0.4, 0.5) is 0 Å². The summed E-state index contributed by atoms with van der Waals surface area (Å²) in [4.78, 5) is 24.3. The van der Waals surface area contributed by atoms with Crippen LogP contribution < -0.4 is 9.84 Å². The SMILES string of the molecule is CCOc1cncc(-c2noc(C(CCCC3(C(C)(C)C)CCCCC3)CC(=O)[O-])n2)n1. The molecule has 2 aromatic heterocycles. The van der Waals surface area contributed by atoms with Crippen molar-refractivity contribution in [2.45, 2.75) is 91.4 Å². The molecule has 0 N–H and O–H groups in total. The topological polar surface area (TPSA) is 114 Å². The molecule has 0 saturated heterocycles. The van der Waals surface area contributed by atoms with Crippen molar-refractivity contribution in [3.8, 4) is 17.4 Å². The number of carbonyl (C=O) groups excluding carboxylic acids is 1. The van der Waals surface area contributed by atoms with E-state index in [-0.39, 0.29) is 23.6 Å². The number of aliphatic carboxylic acids is 1. The molecule has 8 heteroatoms. The van der Waals surface area contributed by atoms with Crippen LogP contribution in [0, 0.1) is 10.8 Å². The number of aromatic nitrogens is 4. The van der Waals surface area contributed by atoms with E-state index < -0.39 is 5.97 Å². The van der Waals surface area contributed by atoms with Crippen LogP contribution in [0.2, 0.25) is 0 Å². The number of nitrogens with zero attached hydrogens (tertiary/aromatic N) is 4. The molecule has 0 aliphatic heterocycles. The van der Waals surface area contributed by atoms with Gasteiger partial charge in [0.15, 0.2) is 0 Å². The van der Waals surface area contributed by atoms with Crippen LogP contribution in [0.5, 0.6) is 5.88 Å². The highest BCUT2D eigenvalue weighted by Crippen LogP contribution is 2.53. The predicted molar refractivity (Wildman–Crippen MR) is 118 cm³/mol. The Morgan fingerprint density at radius 2 is 1.97 bits per heavy atom. The van der Waals surface area contributed by atoms with Gasteiger partial charge in [0.1, 0.15) is 5.69 Å². The highest BCUT2D eigenvalue weighted by Gasteiger charge is 2.41. The molecule has 1 aliphatic rings. The van der Waals surface area contributed by atoms with Gasteiger partial charge in [-0.1, -0.05) is 51.6 Å². The van der Waals surface area contributed by atoms with Crippen molar-refractivity contribution in [3.63, 3.8) is 0 Å². The first-order valence-corrected chi connectivity index (χ1v) is 11.7. The lowest BCUT2D eigenvalue weighted by atomic mass is 9.57. The molecule has 0 spiro atoms. The molecular formula is C24H35N4O4-. The molecule has 2 aromatic rings. The number of ether oxygens (including phenoxy) is 1. The van der Waals surface area contributed by atoms with E-state index in [9.17, 15) is 9.90 Å². The minimum Gasteiger partial charge on any atom is -0.550 e. The molecule has 176 valence electrons. The molecule has 1 aliphatic carbocycles. The van der Waals surface area contributed by atoms with E-state index >= 15 is 0 Å². The zero-order chi connectivity index (χ0) is 23.2. The van der Waals surface area contributed by atoms with Crippen molar-refractivity contribution in [2.24, 2.45) is 10.8 Å². The predicted octanol–water partition coefficient (Wildman–Crippen LogP) is 4.32. The second-order valence-electron chi connectivity index (χ2n) is 9.89. The first-order chi connectivity index (χ1) is 15.2. The zero-order valence-electron chi connectivity index (χ0n) is 19.7. The van der Waals surface area contributed by atoms with Gasteiger partial charge in [-0.25, -0.2) is 4.98 Å². The van der Waals surface area contributed by atoms with Crippen LogP contribution >= 0.6 is 0 Å². The minimum atomic E-state index is -1.11. The van der Waals surface area contributed by atoms with E-state index in [1.54, 1.807) is 0 Å². The lowest BCUT2D eigenvalue weighted by Gasteiger charge is -2.48. The third-order valence-corrected chi connectivity index (χ3v) is 6.95. The molecule has 0 aromatic carbocycles. The van der Waals surface area contributed by atoms with Gasteiger partial charge in [0, 0.05) is 11.9 Å². The highest BCUT2D eigenvalue weighted by molar-refractivity contribution is 5.65. The Morgan fingerprint density at radius 3 is 2.62 bits per heavy atom. The Bertz CT molecular complexity index is 884. The summed E-state index contributed by atoms with van der Waals surface area (Å²) < 4.78 is 10.8. The molecule has 1 saturated carbocycles. The summed E-state index contributed by atoms with van der Waals surface area (Å²) in [7, 11) is 0. The molecule has 1 fully saturated rings. The number of carbonyl (C=O) groups is 1. The molecule has 0 amide bonds. The standard InChI is InChI=1S/C24H36N4O4/c1-5-31-19-16-25-15-18(26-19)21-27-22(32-28-21)17(14-20(29)30)10-9-13-24(23(2,3)4)11-7-6-8-12-24/h15-17H,5-14H2,1-4H3,(H,29,30)/p-1. The normalized spacial score (nSPS) is 17.1. The highest BCUT2D eigenvalue weighted by atomic mass is 16.5. The van der Waals surface area contributed by atoms with Gasteiger partial charge in [-0.2, -0.15) is 4.98 Å². The smallest absolute Gasteiger partial charge is 0.232 e. The van der Waals surface area contributed by atoms with Crippen LogP contribution in [0.1, 0.15) is 97.3 Å². The zero-order valence-corrected chi connectivity index (χ0v) is 19.7. The van der Waals surface area contributed by atoms with Crippen LogP contribution in [0.15, 0.2) is 16.9 Å². The molecule has 1 unspecified atom stereocenters. The van der Waals surface area contributed by atoms with Crippen LogP contribution in [-0.4, -0.2) is 32.7 Å². The maximum atomic E-state index is 11.4. The van der Waals surface area contributed by atoms with E-state index in [1.807, 2.05) is 6.92 Å². The van der Waals surface area contributed by atoms with Crippen LogP contribution in [-0.2, 0) is 4.79 Å². The maximum Gasteiger partial charge on any atom is 0.232 e. The molecule has 3 rings (SSSR count). The molecule has 0 radical (unpaired) electrons. The third-order valence-electron chi connectivity index (χ3n) is 6.95. The Hall–Kier alpha value is -2.51. The quantitative estimate of drug-likeness (QED) is 0.533. The van der Waals surface area contributed by atoms with Gasteiger partial charge in [0.05, 0.1) is 19.0 Å². The van der Waals surface area contributed by atoms with E-state index in [0.29, 0.717) is 35.9 Å². The van der Waals surface area contributed by atoms with E-state index in [0.717, 1.165) is 12.8 Å². The monoisotopic (exact) mass is 443 g/mol. The van der Waals surface area contributed by atoms with Gasteiger partial charge in [-0.15, -0.1) is 0 Å². The average molecular weight is 444 g/mol. The third kappa shape index (κ3) is 5.84. The summed E-state index contributed by atoms with van der Waals surface area (Å²) in [5.41, 5.74) is 0.943. The Balaban J connectivity index is 1.72. The molecule has 32 heavy (non-hydrogen) atoms. The average Bonchev–Trinajstić information content (AvgIpc) is 3.23. The van der Waals surface area contributed by atoms with Crippen molar-refractivity contribution < 1.29 is 19.2 Å². The van der Waals surface area contributed by atoms with Crippen molar-refractivity contribution in [1.82, 2.24) is 20.1 Å². The van der Waals surface area contributed by atoms with Crippen molar-refractivity contribution >= 4 is 5.97 Å². The second kappa shape index (κ2) is 10.4. The molecule has 2 heterocycles. The lowest BCUT2D eigenvalue weighted by molar-refractivity contribution is -0.306. The van der Waals surface area contributed by atoms with Gasteiger partial charge < -0.3 is 19.2 Å². The molecule has 8 nitrogen and oxygen atoms in total. The summed E-state index contributed by atoms with van der Waals surface area (Å²) >= 11 is 0.